The quantitative estimate of drug-likeness (QED) is 0.788. The number of nitrogens with one attached hydrogen (secondary N) is 1. The molecule has 25 heavy (non-hydrogen) atoms. The molecule has 0 spiro atoms. The zero-order valence-corrected chi connectivity index (χ0v) is 15.6. The number of nitrogens with zero attached hydrogens (tertiary/aromatic N) is 2. The monoisotopic (exact) mass is 343 g/mol. The van der Waals surface area contributed by atoms with Crippen LogP contribution in [-0.2, 0) is 11.3 Å². The summed E-state index contributed by atoms with van der Waals surface area (Å²) in [5, 5.41) is 3.39. The van der Waals surface area contributed by atoms with E-state index in [4.69, 9.17) is 0 Å². The van der Waals surface area contributed by atoms with Crippen LogP contribution >= 0.6 is 0 Å². The van der Waals surface area contributed by atoms with Crippen LogP contribution < -0.4 is 5.32 Å². The molecular formula is C21H33N3O. The SMILES string of the molecule is CCN(CC1CCN(Cc2ccccc2)C1)C(=O)CCC1CCNC1. The molecule has 4 heteroatoms. The van der Waals surface area contributed by atoms with Crippen molar-refractivity contribution in [2.24, 2.45) is 11.8 Å². The van der Waals surface area contributed by atoms with Crippen molar-refractivity contribution in [2.75, 3.05) is 39.3 Å². The Labute approximate surface area is 152 Å². The Morgan fingerprint density at radius 2 is 2.08 bits per heavy atom. The summed E-state index contributed by atoms with van der Waals surface area (Å²) in [4.78, 5) is 17.2. The maximum atomic E-state index is 12.6. The third kappa shape index (κ3) is 5.55. The molecule has 2 unspecified atom stereocenters. The van der Waals surface area contributed by atoms with Gasteiger partial charge < -0.3 is 10.2 Å². The van der Waals surface area contributed by atoms with Crippen molar-refractivity contribution in [3.05, 3.63) is 35.9 Å². The van der Waals surface area contributed by atoms with Crippen LogP contribution in [0.25, 0.3) is 0 Å². The number of benzene rings is 1. The molecule has 1 N–H and O–H groups in total. The maximum absolute atomic E-state index is 12.6. The third-order valence-corrected chi connectivity index (χ3v) is 5.76. The van der Waals surface area contributed by atoms with Gasteiger partial charge in [0.05, 0.1) is 0 Å². The van der Waals surface area contributed by atoms with E-state index >= 15 is 0 Å². The maximum Gasteiger partial charge on any atom is 0.222 e. The van der Waals surface area contributed by atoms with Crippen LogP contribution in [-0.4, -0.2) is 55.0 Å². The number of carbonyl (C=O) groups excluding carboxylic acids is 1. The van der Waals surface area contributed by atoms with E-state index in [2.05, 4.69) is 52.4 Å². The van der Waals surface area contributed by atoms with Crippen molar-refractivity contribution in [1.29, 1.82) is 0 Å². The Balaban J connectivity index is 1.41. The fourth-order valence-corrected chi connectivity index (χ4v) is 4.21. The Kier molecular flexibility index (Phi) is 6.88. The van der Waals surface area contributed by atoms with Gasteiger partial charge in [0.1, 0.15) is 0 Å². The van der Waals surface area contributed by atoms with Gasteiger partial charge in [-0.05, 0) is 63.2 Å². The van der Waals surface area contributed by atoms with Crippen LogP contribution in [0.15, 0.2) is 30.3 Å². The lowest BCUT2D eigenvalue weighted by Crippen LogP contribution is -2.36. The fraction of sp³-hybridized carbons (Fsp3) is 0.667. The van der Waals surface area contributed by atoms with Gasteiger partial charge in [0.25, 0.3) is 0 Å². The van der Waals surface area contributed by atoms with Crippen molar-refractivity contribution >= 4 is 5.91 Å². The average Bonchev–Trinajstić information content (AvgIpc) is 3.30. The Hall–Kier alpha value is -1.39. The summed E-state index contributed by atoms with van der Waals surface area (Å²) in [7, 11) is 0. The topological polar surface area (TPSA) is 35.6 Å². The summed E-state index contributed by atoms with van der Waals surface area (Å²) in [5.74, 6) is 1.69. The van der Waals surface area contributed by atoms with Gasteiger partial charge in [-0.15, -0.1) is 0 Å². The van der Waals surface area contributed by atoms with Crippen LogP contribution in [0.2, 0.25) is 0 Å². The predicted molar refractivity (Wildman–Crippen MR) is 102 cm³/mol. The molecule has 0 aromatic heterocycles. The number of hydrogen-bond donors (Lipinski definition) is 1. The van der Waals surface area contributed by atoms with E-state index in [-0.39, 0.29) is 0 Å². The van der Waals surface area contributed by atoms with E-state index in [0.717, 1.165) is 58.7 Å². The molecule has 2 saturated heterocycles. The summed E-state index contributed by atoms with van der Waals surface area (Å²) in [6.07, 6.45) is 4.22. The van der Waals surface area contributed by atoms with Gasteiger partial charge in [0.15, 0.2) is 0 Å². The Bertz CT molecular complexity index is 527. The standard InChI is InChI=1S/C21H33N3O/c1-2-24(21(25)9-8-18-10-12-22-14-18)17-20-11-13-23(16-20)15-19-6-4-3-5-7-19/h3-7,18,20,22H,2,8-17H2,1H3. The highest BCUT2D eigenvalue weighted by atomic mass is 16.2. The van der Waals surface area contributed by atoms with Gasteiger partial charge in [-0.2, -0.15) is 0 Å². The van der Waals surface area contributed by atoms with Gasteiger partial charge in [0, 0.05) is 32.6 Å². The Morgan fingerprint density at radius 1 is 1.24 bits per heavy atom. The van der Waals surface area contributed by atoms with Gasteiger partial charge in [0.2, 0.25) is 5.91 Å². The van der Waals surface area contributed by atoms with Crippen molar-refractivity contribution in [3.63, 3.8) is 0 Å². The normalized spacial score (nSPS) is 23.9. The first kappa shape index (κ1) is 18.4. The van der Waals surface area contributed by atoms with Gasteiger partial charge in [-0.1, -0.05) is 30.3 Å². The second-order valence-electron chi connectivity index (χ2n) is 7.71. The van der Waals surface area contributed by atoms with E-state index < -0.39 is 0 Å². The van der Waals surface area contributed by atoms with Gasteiger partial charge >= 0.3 is 0 Å². The summed E-state index contributed by atoms with van der Waals surface area (Å²) in [5.41, 5.74) is 1.39. The highest BCUT2D eigenvalue weighted by Gasteiger charge is 2.26. The molecule has 138 valence electrons. The van der Waals surface area contributed by atoms with Crippen LogP contribution in [0.1, 0.15) is 38.2 Å². The molecule has 1 aromatic carbocycles. The largest absolute Gasteiger partial charge is 0.343 e. The lowest BCUT2D eigenvalue weighted by Gasteiger charge is -2.25. The molecule has 4 nitrogen and oxygen atoms in total. The molecule has 2 heterocycles. The lowest BCUT2D eigenvalue weighted by atomic mass is 10.0. The van der Waals surface area contributed by atoms with Gasteiger partial charge in [-0.3, -0.25) is 9.69 Å². The average molecular weight is 344 g/mol. The summed E-state index contributed by atoms with van der Waals surface area (Å²) < 4.78 is 0. The first-order valence-corrected chi connectivity index (χ1v) is 9.99. The predicted octanol–water partition coefficient (Wildman–Crippen LogP) is 2.75. The molecule has 2 aliphatic heterocycles. The number of hydrogen-bond acceptors (Lipinski definition) is 3. The highest BCUT2D eigenvalue weighted by molar-refractivity contribution is 5.76. The van der Waals surface area contributed by atoms with E-state index in [1.54, 1.807) is 0 Å². The molecule has 2 aliphatic rings. The molecule has 2 atom stereocenters. The molecule has 0 radical (unpaired) electrons. The molecular weight excluding hydrogens is 310 g/mol. The lowest BCUT2D eigenvalue weighted by molar-refractivity contribution is -0.131. The minimum Gasteiger partial charge on any atom is -0.343 e. The van der Waals surface area contributed by atoms with Gasteiger partial charge in [-0.25, -0.2) is 0 Å². The van der Waals surface area contributed by atoms with Crippen LogP contribution in [0.3, 0.4) is 0 Å². The minimum atomic E-state index is 0.357. The first-order valence-electron chi connectivity index (χ1n) is 9.99. The van der Waals surface area contributed by atoms with E-state index in [1.165, 1.54) is 18.4 Å². The van der Waals surface area contributed by atoms with Crippen molar-refractivity contribution in [1.82, 2.24) is 15.1 Å². The number of rotatable bonds is 8. The molecule has 1 aromatic rings. The zero-order chi connectivity index (χ0) is 17.5. The Morgan fingerprint density at radius 3 is 2.80 bits per heavy atom. The summed E-state index contributed by atoms with van der Waals surface area (Å²) >= 11 is 0. The molecule has 0 aliphatic carbocycles. The number of amides is 1. The van der Waals surface area contributed by atoms with Crippen molar-refractivity contribution in [2.45, 2.75) is 39.2 Å². The van der Waals surface area contributed by atoms with E-state index in [1.807, 2.05) is 0 Å². The minimum absolute atomic E-state index is 0.357. The summed E-state index contributed by atoms with van der Waals surface area (Å²) in [6.45, 7) is 9.41. The number of likely N-dealkylation sites (tertiary alicyclic amines) is 1. The molecule has 0 saturated carbocycles. The van der Waals surface area contributed by atoms with Crippen molar-refractivity contribution in [3.8, 4) is 0 Å². The van der Waals surface area contributed by atoms with Crippen LogP contribution in [0, 0.1) is 11.8 Å². The molecule has 2 fully saturated rings. The van der Waals surface area contributed by atoms with Crippen LogP contribution in [0.5, 0.6) is 0 Å². The van der Waals surface area contributed by atoms with Crippen LogP contribution in [0.4, 0.5) is 0 Å². The van der Waals surface area contributed by atoms with E-state index in [0.29, 0.717) is 17.7 Å². The second kappa shape index (κ2) is 9.35. The number of carbonyl (C=O) groups is 1. The molecule has 1 amide bonds. The third-order valence-electron chi connectivity index (χ3n) is 5.76. The van der Waals surface area contributed by atoms with E-state index in [9.17, 15) is 4.79 Å². The smallest absolute Gasteiger partial charge is 0.222 e. The second-order valence-corrected chi connectivity index (χ2v) is 7.71. The molecule has 3 rings (SSSR count). The fourth-order valence-electron chi connectivity index (χ4n) is 4.21. The first-order chi connectivity index (χ1) is 12.2. The zero-order valence-electron chi connectivity index (χ0n) is 15.6. The summed E-state index contributed by atoms with van der Waals surface area (Å²) in [6, 6.07) is 10.7. The molecule has 0 bridgehead atoms. The highest BCUT2D eigenvalue weighted by Crippen LogP contribution is 2.21. The van der Waals surface area contributed by atoms with Crippen molar-refractivity contribution < 1.29 is 4.79 Å².